The van der Waals surface area contributed by atoms with Crippen molar-refractivity contribution >= 4 is 22.5 Å². The molecule has 2 aromatic carbocycles. The Kier molecular flexibility index (Phi) is 5.05. The molecule has 5 aromatic rings. The molecule has 0 aliphatic carbocycles. The number of aromatic nitrogens is 4. The Labute approximate surface area is 192 Å². The predicted molar refractivity (Wildman–Crippen MR) is 134 cm³/mol. The van der Waals surface area contributed by atoms with Gasteiger partial charge in [0, 0.05) is 35.6 Å². The molecule has 164 valence electrons. The molecular formula is C27H25N5O. The van der Waals surface area contributed by atoms with Gasteiger partial charge in [0.1, 0.15) is 0 Å². The predicted octanol–water partition coefficient (Wildman–Crippen LogP) is 5.66. The molecule has 0 saturated carbocycles. The number of benzene rings is 2. The van der Waals surface area contributed by atoms with Crippen LogP contribution < -0.4 is 10.9 Å². The molecule has 0 aliphatic rings. The first-order valence-corrected chi connectivity index (χ1v) is 10.9. The molecule has 0 bridgehead atoms. The molecule has 6 nitrogen and oxygen atoms in total. The zero-order valence-electron chi connectivity index (χ0n) is 19.1. The smallest absolute Gasteiger partial charge is 0.258 e. The number of hydrogen-bond acceptors (Lipinski definition) is 4. The largest absolute Gasteiger partial charge is 0.326 e. The first-order valence-electron chi connectivity index (χ1n) is 10.9. The summed E-state index contributed by atoms with van der Waals surface area (Å²) < 4.78 is 1.69. The third-order valence-corrected chi connectivity index (χ3v) is 5.97. The van der Waals surface area contributed by atoms with E-state index in [0.29, 0.717) is 11.5 Å². The number of nitrogens with one attached hydrogen (secondary N) is 2. The van der Waals surface area contributed by atoms with Crippen LogP contribution in [-0.4, -0.2) is 19.5 Å². The van der Waals surface area contributed by atoms with Crippen LogP contribution in [0.3, 0.4) is 0 Å². The molecule has 3 heterocycles. The summed E-state index contributed by atoms with van der Waals surface area (Å²) in [5, 5.41) is 4.27. The van der Waals surface area contributed by atoms with Gasteiger partial charge in [-0.3, -0.25) is 9.78 Å². The van der Waals surface area contributed by atoms with E-state index in [1.165, 1.54) is 5.56 Å². The molecular weight excluding hydrogens is 410 g/mol. The first-order chi connectivity index (χ1) is 15.9. The molecule has 0 radical (unpaired) electrons. The van der Waals surface area contributed by atoms with E-state index in [9.17, 15) is 4.79 Å². The van der Waals surface area contributed by atoms with Gasteiger partial charge < -0.3 is 14.9 Å². The normalized spacial score (nSPS) is 11.2. The number of rotatable bonds is 4. The summed E-state index contributed by atoms with van der Waals surface area (Å²) >= 11 is 0. The van der Waals surface area contributed by atoms with Gasteiger partial charge in [-0.1, -0.05) is 35.9 Å². The van der Waals surface area contributed by atoms with Gasteiger partial charge in [0.05, 0.1) is 17.4 Å². The number of pyridine rings is 2. The monoisotopic (exact) mass is 435 g/mol. The van der Waals surface area contributed by atoms with Crippen molar-refractivity contribution in [2.75, 3.05) is 5.32 Å². The highest BCUT2D eigenvalue weighted by atomic mass is 16.1. The van der Waals surface area contributed by atoms with Crippen LogP contribution in [0.1, 0.15) is 16.8 Å². The first kappa shape index (κ1) is 20.7. The number of aryl methyl sites for hydroxylation is 4. The molecule has 6 heteroatoms. The molecule has 0 amide bonds. The summed E-state index contributed by atoms with van der Waals surface area (Å²) in [7, 11) is 1.81. The number of anilines is 2. The quantitative estimate of drug-likeness (QED) is 0.382. The molecule has 0 aliphatic heterocycles. The number of H-pyrrole nitrogens is 1. The van der Waals surface area contributed by atoms with E-state index in [-0.39, 0.29) is 5.56 Å². The lowest BCUT2D eigenvalue weighted by Gasteiger charge is -2.13. The van der Waals surface area contributed by atoms with Gasteiger partial charge in [-0.05, 0) is 61.7 Å². The lowest BCUT2D eigenvalue weighted by atomic mass is 9.99. The van der Waals surface area contributed by atoms with E-state index < -0.39 is 0 Å². The summed E-state index contributed by atoms with van der Waals surface area (Å²) in [6, 6.07) is 18.2. The van der Waals surface area contributed by atoms with E-state index in [4.69, 9.17) is 0 Å². The fraction of sp³-hybridized carbons (Fsp3) is 0.148. The van der Waals surface area contributed by atoms with Crippen LogP contribution in [-0.2, 0) is 7.05 Å². The van der Waals surface area contributed by atoms with Crippen molar-refractivity contribution in [3.05, 3.63) is 94.2 Å². The average Bonchev–Trinajstić information content (AvgIpc) is 3.27. The van der Waals surface area contributed by atoms with E-state index >= 15 is 0 Å². The molecule has 0 spiro atoms. The lowest BCUT2D eigenvalue weighted by molar-refractivity contribution is 0.905. The summed E-state index contributed by atoms with van der Waals surface area (Å²) in [6.45, 7) is 6.01. The van der Waals surface area contributed by atoms with Gasteiger partial charge in [-0.2, -0.15) is 0 Å². The second-order valence-electron chi connectivity index (χ2n) is 8.47. The molecule has 33 heavy (non-hydrogen) atoms. The Morgan fingerprint density at radius 2 is 1.67 bits per heavy atom. The molecule has 0 saturated heterocycles. The third kappa shape index (κ3) is 3.91. The van der Waals surface area contributed by atoms with Crippen LogP contribution in [0.2, 0.25) is 0 Å². The lowest BCUT2D eigenvalue weighted by Crippen LogP contribution is -2.19. The fourth-order valence-electron chi connectivity index (χ4n) is 4.05. The van der Waals surface area contributed by atoms with Gasteiger partial charge in [-0.25, -0.2) is 4.98 Å². The van der Waals surface area contributed by atoms with Crippen molar-refractivity contribution < 1.29 is 0 Å². The minimum atomic E-state index is -0.0343. The minimum Gasteiger partial charge on any atom is -0.326 e. The molecule has 0 atom stereocenters. The highest BCUT2D eigenvalue weighted by molar-refractivity contribution is 5.85. The second-order valence-corrected chi connectivity index (χ2v) is 8.47. The van der Waals surface area contributed by atoms with Crippen molar-refractivity contribution in [1.82, 2.24) is 19.5 Å². The molecule has 3 aromatic heterocycles. The Morgan fingerprint density at radius 1 is 0.879 bits per heavy atom. The average molecular weight is 436 g/mol. The maximum atomic E-state index is 13.2. The van der Waals surface area contributed by atoms with Crippen LogP contribution in [0.15, 0.2) is 71.8 Å². The summed E-state index contributed by atoms with van der Waals surface area (Å²) in [4.78, 5) is 25.4. The van der Waals surface area contributed by atoms with Crippen molar-refractivity contribution in [2.24, 2.45) is 7.05 Å². The van der Waals surface area contributed by atoms with Crippen molar-refractivity contribution in [1.29, 1.82) is 0 Å². The summed E-state index contributed by atoms with van der Waals surface area (Å²) in [5.41, 5.74) is 8.37. The van der Waals surface area contributed by atoms with E-state index in [1.807, 2.05) is 56.6 Å². The van der Waals surface area contributed by atoms with Crippen LogP contribution >= 0.6 is 0 Å². The van der Waals surface area contributed by atoms with Crippen LogP contribution in [0.4, 0.5) is 11.6 Å². The number of nitrogens with zero attached hydrogens (tertiary/aromatic N) is 3. The summed E-state index contributed by atoms with van der Waals surface area (Å²) in [5.74, 6) is 0.645. The number of aromatic amines is 1. The minimum absolute atomic E-state index is 0.0343. The van der Waals surface area contributed by atoms with Crippen LogP contribution in [0.25, 0.3) is 33.3 Å². The Balaban J connectivity index is 1.51. The van der Waals surface area contributed by atoms with Crippen LogP contribution in [0, 0.1) is 20.8 Å². The Bertz CT molecular complexity index is 1540. The van der Waals surface area contributed by atoms with Crippen LogP contribution in [0.5, 0.6) is 0 Å². The molecule has 2 N–H and O–H groups in total. The van der Waals surface area contributed by atoms with Gasteiger partial charge in [0.25, 0.3) is 5.56 Å². The van der Waals surface area contributed by atoms with Gasteiger partial charge >= 0.3 is 0 Å². The van der Waals surface area contributed by atoms with Crippen molar-refractivity contribution in [2.45, 2.75) is 20.8 Å². The van der Waals surface area contributed by atoms with Gasteiger partial charge in [-0.15, -0.1) is 0 Å². The van der Waals surface area contributed by atoms with Crippen molar-refractivity contribution in [3.63, 3.8) is 0 Å². The maximum absolute atomic E-state index is 13.2. The van der Waals surface area contributed by atoms with Gasteiger partial charge in [0.15, 0.2) is 0 Å². The highest BCUT2D eigenvalue weighted by Gasteiger charge is 2.13. The third-order valence-electron chi connectivity index (χ3n) is 5.97. The standard InChI is InChI=1S/C27H25N5O/c1-16-5-8-19(9-6-16)24-15-29-27(31-24)30-21-10-7-17(2)22(13-21)23-12-20-14-28-18(3)11-25(20)32(4)26(23)33/h5-15H,1-4H3,(H2,29,30,31). The molecule has 0 unspecified atom stereocenters. The summed E-state index contributed by atoms with van der Waals surface area (Å²) in [6.07, 6.45) is 3.64. The molecule has 5 rings (SSSR count). The number of fused-ring (bicyclic) bond motifs is 1. The number of hydrogen-bond donors (Lipinski definition) is 2. The van der Waals surface area contributed by atoms with Crippen molar-refractivity contribution in [3.8, 4) is 22.4 Å². The zero-order chi connectivity index (χ0) is 23.1. The fourth-order valence-corrected chi connectivity index (χ4v) is 4.05. The Morgan fingerprint density at radius 3 is 2.45 bits per heavy atom. The maximum Gasteiger partial charge on any atom is 0.258 e. The topological polar surface area (TPSA) is 75.6 Å². The second kappa shape index (κ2) is 8.06. The van der Waals surface area contributed by atoms with E-state index in [0.717, 1.165) is 44.7 Å². The zero-order valence-corrected chi connectivity index (χ0v) is 19.1. The number of imidazole rings is 1. The SMILES string of the molecule is Cc1ccc(-c2cnc(Nc3ccc(C)c(-c4cc5cnc(C)cc5n(C)c4=O)c3)[nH]2)cc1. The highest BCUT2D eigenvalue weighted by Crippen LogP contribution is 2.28. The van der Waals surface area contributed by atoms with Gasteiger partial charge in [0.2, 0.25) is 5.95 Å². The molecule has 0 fully saturated rings. The Hall–Kier alpha value is -4.19. The van der Waals surface area contributed by atoms with E-state index in [2.05, 4.69) is 51.5 Å². The van der Waals surface area contributed by atoms with E-state index in [1.54, 1.807) is 11.6 Å².